The van der Waals surface area contributed by atoms with Gasteiger partial charge in [0.15, 0.2) is 0 Å². The molecular formula is C11H22N2. The molecule has 1 N–H and O–H groups in total. The fourth-order valence-electron chi connectivity index (χ4n) is 2.21. The Hall–Kier alpha value is -0.0800. The van der Waals surface area contributed by atoms with Gasteiger partial charge in [0.25, 0.3) is 0 Å². The van der Waals surface area contributed by atoms with Crippen molar-refractivity contribution in [2.45, 2.75) is 44.7 Å². The lowest BCUT2D eigenvalue weighted by Gasteiger charge is -2.42. The van der Waals surface area contributed by atoms with Crippen LogP contribution < -0.4 is 5.32 Å². The molecule has 2 aliphatic rings. The highest BCUT2D eigenvalue weighted by molar-refractivity contribution is 4.91. The van der Waals surface area contributed by atoms with Gasteiger partial charge in [-0.3, -0.25) is 0 Å². The minimum atomic E-state index is 0.872. The molecule has 76 valence electrons. The predicted molar refractivity (Wildman–Crippen MR) is 55.8 cm³/mol. The fraction of sp³-hybridized carbons (Fsp3) is 1.00. The van der Waals surface area contributed by atoms with Crippen LogP contribution in [0.15, 0.2) is 0 Å². The van der Waals surface area contributed by atoms with Crippen molar-refractivity contribution in [2.24, 2.45) is 5.92 Å². The van der Waals surface area contributed by atoms with Crippen molar-refractivity contribution < 1.29 is 0 Å². The quantitative estimate of drug-likeness (QED) is 0.692. The predicted octanol–water partition coefficient (Wildman–Crippen LogP) is 1.47. The van der Waals surface area contributed by atoms with Crippen molar-refractivity contribution in [1.82, 2.24) is 10.2 Å². The first kappa shape index (κ1) is 9.47. The van der Waals surface area contributed by atoms with Crippen LogP contribution in [0.25, 0.3) is 0 Å². The minimum Gasteiger partial charge on any atom is -0.314 e. The maximum Gasteiger partial charge on any atom is 0.0133 e. The largest absolute Gasteiger partial charge is 0.314 e. The van der Waals surface area contributed by atoms with E-state index in [1.807, 2.05) is 0 Å². The zero-order chi connectivity index (χ0) is 9.26. The van der Waals surface area contributed by atoms with E-state index in [1.54, 1.807) is 0 Å². The second-order valence-electron chi connectivity index (χ2n) is 4.66. The molecule has 0 aromatic rings. The third kappa shape index (κ3) is 2.23. The summed E-state index contributed by atoms with van der Waals surface area (Å²) in [6.07, 6.45) is 5.69. The molecule has 0 radical (unpaired) electrons. The average Bonchev–Trinajstić information content (AvgIpc) is 2.86. The first-order valence-corrected chi connectivity index (χ1v) is 5.75. The van der Waals surface area contributed by atoms with Crippen LogP contribution in [0.4, 0.5) is 0 Å². The molecule has 2 fully saturated rings. The number of nitrogens with zero attached hydrogens (tertiary/aromatic N) is 1. The van der Waals surface area contributed by atoms with E-state index < -0.39 is 0 Å². The van der Waals surface area contributed by atoms with Gasteiger partial charge < -0.3 is 10.2 Å². The van der Waals surface area contributed by atoms with Gasteiger partial charge in [-0.05, 0) is 51.7 Å². The lowest BCUT2D eigenvalue weighted by Crippen LogP contribution is -2.49. The van der Waals surface area contributed by atoms with Gasteiger partial charge in [0.1, 0.15) is 0 Å². The maximum atomic E-state index is 3.64. The van der Waals surface area contributed by atoms with E-state index in [1.165, 1.54) is 38.8 Å². The van der Waals surface area contributed by atoms with E-state index in [4.69, 9.17) is 0 Å². The smallest absolute Gasteiger partial charge is 0.0133 e. The summed E-state index contributed by atoms with van der Waals surface area (Å²) in [5.74, 6) is 0.936. The standard InChI is InChI=1S/C11H22N2/c1-3-13(2)11-7-4-9(11)8-12-10-5-6-10/h9-12H,3-8H2,1-2H3. The van der Waals surface area contributed by atoms with Gasteiger partial charge in [-0.15, -0.1) is 0 Å². The molecule has 2 aliphatic carbocycles. The number of hydrogen-bond acceptors (Lipinski definition) is 2. The zero-order valence-corrected chi connectivity index (χ0v) is 8.92. The highest BCUT2D eigenvalue weighted by Gasteiger charge is 2.34. The van der Waals surface area contributed by atoms with Crippen LogP contribution in [0.1, 0.15) is 32.6 Å². The van der Waals surface area contributed by atoms with E-state index in [0.717, 1.165) is 18.0 Å². The van der Waals surface area contributed by atoms with Crippen molar-refractivity contribution in [1.29, 1.82) is 0 Å². The van der Waals surface area contributed by atoms with E-state index in [9.17, 15) is 0 Å². The molecule has 0 spiro atoms. The summed E-state index contributed by atoms with van der Waals surface area (Å²) in [4.78, 5) is 2.50. The molecule has 0 aliphatic heterocycles. The third-order valence-corrected chi connectivity index (χ3v) is 3.69. The van der Waals surface area contributed by atoms with Gasteiger partial charge >= 0.3 is 0 Å². The van der Waals surface area contributed by atoms with E-state index in [2.05, 4.69) is 24.2 Å². The Morgan fingerprint density at radius 1 is 1.23 bits per heavy atom. The topological polar surface area (TPSA) is 15.3 Å². The average molecular weight is 182 g/mol. The first-order chi connectivity index (χ1) is 6.31. The summed E-state index contributed by atoms with van der Waals surface area (Å²) in [5.41, 5.74) is 0. The second kappa shape index (κ2) is 3.97. The summed E-state index contributed by atoms with van der Waals surface area (Å²) in [5, 5.41) is 3.64. The molecule has 0 aromatic carbocycles. The Kier molecular flexibility index (Phi) is 2.89. The normalized spacial score (nSPS) is 33.5. The fourth-order valence-corrected chi connectivity index (χ4v) is 2.21. The molecule has 0 heterocycles. The lowest BCUT2D eigenvalue weighted by molar-refractivity contribution is 0.0881. The Morgan fingerprint density at radius 3 is 2.46 bits per heavy atom. The van der Waals surface area contributed by atoms with Crippen LogP contribution in [0.5, 0.6) is 0 Å². The summed E-state index contributed by atoms with van der Waals surface area (Å²) in [6, 6.07) is 1.75. The maximum absolute atomic E-state index is 3.64. The number of nitrogens with one attached hydrogen (secondary N) is 1. The molecule has 2 heteroatoms. The molecule has 0 saturated heterocycles. The Bertz CT molecular complexity index is 165. The van der Waals surface area contributed by atoms with Gasteiger partial charge in [0.05, 0.1) is 0 Å². The molecule has 2 rings (SSSR count). The van der Waals surface area contributed by atoms with E-state index in [0.29, 0.717) is 0 Å². The van der Waals surface area contributed by atoms with E-state index >= 15 is 0 Å². The molecule has 2 saturated carbocycles. The molecule has 2 unspecified atom stereocenters. The van der Waals surface area contributed by atoms with Crippen LogP contribution >= 0.6 is 0 Å². The monoisotopic (exact) mass is 182 g/mol. The molecular weight excluding hydrogens is 160 g/mol. The van der Waals surface area contributed by atoms with Crippen molar-refractivity contribution in [2.75, 3.05) is 20.1 Å². The van der Waals surface area contributed by atoms with E-state index in [-0.39, 0.29) is 0 Å². The van der Waals surface area contributed by atoms with Gasteiger partial charge in [-0.2, -0.15) is 0 Å². The van der Waals surface area contributed by atoms with Crippen LogP contribution in [-0.2, 0) is 0 Å². The first-order valence-electron chi connectivity index (χ1n) is 5.75. The summed E-state index contributed by atoms with van der Waals surface area (Å²) in [7, 11) is 2.26. The van der Waals surface area contributed by atoms with Crippen LogP contribution in [0, 0.1) is 5.92 Å². The lowest BCUT2D eigenvalue weighted by atomic mass is 9.78. The summed E-state index contributed by atoms with van der Waals surface area (Å²) >= 11 is 0. The Balaban J connectivity index is 1.67. The molecule has 13 heavy (non-hydrogen) atoms. The molecule has 2 atom stereocenters. The van der Waals surface area contributed by atoms with Crippen molar-refractivity contribution in [3.8, 4) is 0 Å². The van der Waals surface area contributed by atoms with Crippen LogP contribution in [0.3, 0.4) is 0 Å². The van der Waals surface area contributed by atoms with Gasteiger partial charge in [0, 0.05) is 12.1 Å². The minimum absolute atomic E-state index is 0.872. The second-order valence-corrected chi connectivity index (χ2v) is 4.66. The zero-order valence-electron chi connectivity index (χ0n) is 8.92. The number of hydrogen-bond donors (Lipinski definition) is 1. The molecule has 2 nitrogen and oxygen atoms in total. The molecule has 0 aromatic heterocycles. The Labute approximate surface area is 81.7 Å². The SMILES string of the molecule is CCN(C)C1CCC1CNC1CC1. The highest BCUT2D eigenvalue weighted by Crippen LogP contribution is 2.31. The van der Waals surface area contributed by atoms with Crippen molar-refractivity contribution in [3.63, 3.8) is 0 Å². The van der Waals surface area contributed by atoms with Gasteiger partial charge in [-0.25, -0.2) is 0 Å². The number of rotatable bonds is 5. The van der Waals surface area contributed by atoms with Crippen LogP contribution in [-0.4, -0.2) is 37.1 Å². The summed E-state index contributed by atoms with van der Waals surface area (Å²) < 4.78 is 0. The Morgan fingerprint density at radius 2 is 2.00 bits per heavy atom. The van der Waals surface area contributed by atoms with Crippen molar-refractivity contribution >= 4 is 0 Å². The van der Waals surface area contributed by atoms with Crippen molar-refractivity contribution in [3.05, 3.63) is 0 Å². The highest BCUT2D eigenvalue weighted by atomic mass is 15.1. The van der Waals surface area contributed by atoms with Crippen LogP contribution in [0.2, 0.25) is 0 Å². The van der Waals surface area contributed by atoms with Gasteiger partial charge in [0.2, 0.25) is 0 Å². The molecule has 0 bridgehead atoms. The molecule has 0 amide bonds. The third-order valence-electron chi connectivity index (χ3n) is 3.69. The summed E-state index contributed by atoms with van der Waals surface area (Å²) in [6.45, 7) is 4.72. The van der Waals surface area contributed by atoms with Gasteiger partial charge in [-0.1, -0.05) is 6.92 Å².